The Morgan fingerprint density at radius 1 is 1.26 bits per heavy atom. The Labute approximate surface area is 118 Å². The topological polar surface area (TPSA) is 38.3 Å². The first kappa shape index (κ1) is 16.5. The summed E-state index contributed by atoms with van der Waals surface area (Å²) in [5.74, 6) is 0.787. The maximum atomic E-state index is 12.2. The molecule has 0 aromatic heterocycles. The number of carbonyl (C=O) groups excluding carboxylic acids is 1. The van der Waals surface area contributed by atoms with E-state index in [1.54, 1.807) is 0 Å². The zero-order valence-corrected chi connectivity index (χ0v) is 13.3. The number of carbonyl (C=O) groups is 1. The van der Waals surface area contributed by atoms with Crippen LogP contribution in [0.25, 0.3) is 0 Å². The minimum atomic E-state index is 0.153. The van der Waals surface area contributed by atoms with Gasteiger partial charge < -0.3 is 10.1 Å². The molecule has 0 bridgehead atoms. The summed E-state index contributed by atoms with van der Waals surface area (Å²) < 4.78 is 5.10. The summed E-state index contributed by atoms with van der Waals surface area (Å²) in [6.45, 7) is 12.5. The second-order valence-corrected chi connectivity index (χ2v) is 7.40. The molecule has 3 heteroatoms. The fourth-order valence-electron chi connectivity index (χ4n) is 2.41. The van der Waals surface area contributed by atoms with Gasteiger partial charge in [-0.1, -0.05) is 47.5 Å². The van der Waals surface area contributed by atoms with Gasteiger partial charge in [0, 0.05) is 5.92 Å². The van der Waals surface area contributed by atoms with Gasteiger partial charge in [-0.15, -0.1) is 0 Å². The van der Waals surface area contributed by atoms with E-state index in [0.717, 1.165) is 12.8 Å². The van der Waals surface area contributed by atoms with Crippen molar-refractivity contribution in [1.29, 1.82) is 0 Å². The van der Waals surface area contributed by atoms with Gasteiger partial charge >= 0.3 is 0 Å². The van der Waals surface area contributed by atoms with Crippen molar-refractivity contribution >= 4 is 5.91 Å². The maximum Gasteiger partial charge on any atom is 0.223 e. The highest BCUT2D eigenvalue weighted by molar-refractivity contribution is 5.79. The van der Waals surface area contributed by atoms with Crippen LogP contribution in [0.3, 0.4) is 0 Å². The first-order valence-electron chi connectivity index (χ1n) is 7.68. The Morgan fingerprint density at radius 2 is 1.89 bits per heavy atom. The molecule has 1 saturated heterocycles. The molecule has 1 rings (SSSR count). The highest BCUT2D eigenvalue weighted by Gasteiger charge is 2.27. The molecule has 0 aliphatic carbocycles. The zero-order valence-electron chi connectivity index (χ0n) is 13.3. The number of hydrogen-bond acceptors (Lipinski definition) is 2. The SMILES string of the molecule is CC(C)C(CCCCC(C)(C)C)C(=O)NC1COC1. The molecule has 1 aliphatic heterocycles. The molecule has 1 fully saturated rings. The Balaban J connectivity index is 2.29. The Morgan fingerprint density at radius 3 is 2.32 bits per heavy atom. The first-order valence-corrected chi connectivity index (χ1v) is 7.68. The molecule has 0 aromatic rings. The van der Waals surface area contributed by atoms with Crippen molar-refractivity contribution in [3.05, 3.63) is 0 Å². The molecule has 1 N–H and O–H groups in total. The summed E-state index contributed by atoms with van der Waals surface area (Å²) in [5.41, 5.74) is 0.402. The van der Waals surface area contributed by atoms with Gasteiger partial charge in [-0.25, -0.2) is 0 Å². The van der Waals surface area contributed by atoms with Crippen LogP contribution in [0.1, 0.15) is 60.3 Å². The van der Waals surface area contributed by atoms with Crippen molar-refractivity contribution in [2.45, 2.75) is 66.3 Å². The lowest BCUT2D eigenvalue weighted by Crippen LogP contribution is -2.51. The molecular weight excluding hydrogens is 238 g/mol. The molecule has 1 aliphatic rings. The number of ether oxygens (including phenoxy) is 1. The molecule has 19 heavy (non-hydrogen) atoms. The third-order valence-corrected chi connectivity index (χ3v) is 3.82. The van der Waals surface area contributed by atoms with Crippen LogP contribution in [0.2, 0.25) is 0 Å². The predicted octanol–water partition coefficient (Wildman–Crippen LogP) is 3.38. The summed E-state index contributed by atoms with van der Waals surface area (Å²) in [6, 6.07) is 0.253. The van der Waals surface area contributed by atoms with E-state index in [4.69, 9.17) is 4.74 Å². The Kier molecular flexibility index (Phi) is 6.31. The van der Waals surface area contributed by atoms with Gasteiger partial charge in [0.2, 0.25) is 5.91 Å². The van der Waals surface area contributed by atoms with E-state index in [1.165, 1.54) is 12.8 Å². The number of nitrogens with one attached hydrogen (secondary N) is 1. The van der Waals surface area contributed by atoms with Crippen LogP contribution in [0.15, 0.2) is 0 Å². The summed E-state index contributed by atoms with van der Waals surface area (Å²) in [7, 11) is 0. The van der Waals surface area contributed by atoms with Gasteiger partial charge in [0.1, 0.15) is 0 Å². The van der Waals surface area contributed by atoms with Crippen molar-refractivity contribution in [2.75, 3.05) is 13.2 Å². The van der Waals surface area contributed by atoms with E-state index in [1.807, 2.05) is 0 Å². The highest BCUT2D eigenvalue weighted by atomic mass is 16.5. The number of rotatable bonds is 7. The highest BCUT2D eigenvalue weighted by Crippen LogP contribution is 2.25. The fourth-order valence-corrected chi connectivity index (χ4v) is 2.41. The summed E-state index contributed by atoms with van der Waals surface area (Å²) in [4.78, 5) is 12.2. The molecule has 0 spiro atoms. The van der Waals surface area contributed by atoms with E-state index >= 15 is 0 Å². The van der Waals surface area contributed by atoms with Gasteiger partial charge in [0.15, 0.2) is 0 Å². The van der Waals surface area contributed by atoms with Crippen molar-refractivity contribution < 1.29 is 9.53 Å². The standard InChI is InChI=1S/C16H31NO2/c1-12(2)14(8-6-7-9-16(3,4)5)15(18)17-13-10-19-11-13/h12-14H,6-11H2,1-5H3,(H,17,18). The second kappa shape index (κ2) is 7.28. The van der Waals surface area contributed by atoms with Crippen LogP contribution in [0.4, 0.5) is 0 Å². The van der Waals surface area contributed by atoms with Gasteiger partial charge in [-0.05, 0) is 24.2 Å². The number of hydrogen-bond donors (Lipinski definition) is 1. The summed E-state index contributed by atoms with van der Waals surface area (Å²) in [6.07, 6.45) is 4.60. The normalized spacial score (nSPS) is 18.2. The Bertz CT molecular complexity index is 277. The molecule has 0 aromatic carbocycles. The van der Waals surface area contributed by atoms with Crippen LogP contribution in [0, 0.1) is 17.3 Å². The van der Waals surface area contributed by atoms with Crippen LogP contribution >= 0.6 is 0 Å². The van der Waals surface area contributed by atoms with Crippen LogP contribution < -0.4 is 5.32 Å². The van der Waals surface area contributed by atoms with Crippen molar-refractivity contribution in [3.63, 3.8) is 0 Å². The Hall–Kier alpha value is -0.570. The molecule has 1 atom stereocenters. The lowest BCUT2D eigenvalue weighted by Gasteiger charge is -2.30. The number of unbranched alkanes of at least 4 members (excludes halogenated alkanes) is 1. The predicted molar refractivity (Wildman–Crippen MR) is 79.0 cm³/mol. The quantitative estimate of drug-likeness (QED) is 0.720. The molecule has 0 saturated carbocycles. The van der Waals surface area contributed by atoms with Gasteiger partial charge in [0.25, 0.3) is 0 Å². The van der Waals surface area contributed by atoms with Crippen LogP contribution in [0.5, 0.6) is 0 Å². The molecule has 1 heterocycles. The second-order valence-electron chi connectivity index (χ2n) is 7.40. The maximum absolute atomic E-state index is 12.2. The third kappa shape index (κ3) is 6.42. The van der Waals surface area contributed by atoms with E-state index in [9.17, 15) is 4.79 Å². The van der Waals surface area contributed by atoms with Crippen LogP contribution in [-0.2, 0) is 9.53 Å². The molecule has 1 unspecified atom stereocenters. The van der Waals surface area contributed by atoms with Gasteiger partial charge in [-0.2, -0.15) is 0 Å². The van der Waals surface area contributed by atoms with Crippen molar-refractivity contribution in [2.24, 2.45) is 17.3 Å². The first-order chi connectivity index (χ1) is 8.79. The average molecular weight is 269 g/mol. The summed E-state index contributed by atoms with van der Waals surface area (Å²) >= 11 is 0. The monoisotopic (exact) mass is 269 g/mol. The zero-order chi connectivity index (χ0) is 14.5. The minimum Gasteiger partial charge on any atom is -0.377 e. The molecular formula is C16H31NO2. The smallest absolute Gasteiger partial charge is 0.223 e. The van der Waals surface area contributed by atoms with E-state index < -0.39 is 0 Å². The van der Waals surface area contributed by atoms with Crippen molar-refractivity contribution in [1.82, 2.24) is 5.32 Å². The van der Waals surface area contributed by atoms with E-state index in [2.05, 4.69) is 39.9 Å². The minimum absolute atomic E-state index is 0.153. The molecule has 0 radical (unpaired) electrons. The van der Waals surface area contributed by atoms with Crippen LogP contribution in [-0.4, -0.2) is 25.2 Å². The van der Waals surface area contributed by atoms with Gasteiger partial charge in [-0.3, -0.25) is 4.79 Å². The molecule has 112 valence electrons. The van der Waals surface area contributed by atoms with Crippen molar-refractivity contribution in [3.8, 4) is 0 Å². The van der Waals surface area contributed by atoms with Gasteiger partial charge in [0.05, 0.1) is 19.3 Å². The van der Waals surface area contributed by atoms with E-state index in [0.29, 0.717) is 24.5 Å². The molecule has 1 amide bonds. The average Bonchev–Trinajstić information content (AvgIpc) is 2.21. The fraction of sp³-hybridized carbons (Fsp3) is 0.938. The third-order valence-electron chi connectivity index (χ3n) is 3.82. The van der Waals surface area contributed by atoms with E-state index in [-0.39, 0.29) is 17.9 Å². The number of amides is 1. The largest absolute Gasteiger partial charge is 0.377 e. The lowest BCUT2D eigenvalue weighted by atomic mass is 9.85. The molecule has 3 nitrogen and oxygen atoms in total. The summed E-state index contributed by atoms with van der Waals surface area (Å²) in [5, 5.41) is 3.09. The lowest BCUT2D eigenvalue weighted by molar-refractivity contribution is -0.130.